The molecule has 7 aromatic rings. The summed E-state index contributed by atoms with van der Waals surface area (Å²) in [6, 6.07) is 25.7. The van der Waals surface area contributed by atoms with Gasteiger partial charge in [-0.05, 0) is 77.7 Å². The number of nitrogens with one attached hydrogen (secondary N) is 1. The fourth-order valence-corrected chi connectivity index (χ4v) is 5.87. The molecule has 1 atom stereocenters. The van der Waals surface area contributed by atoms with Gasteiger partial charge in [-0.2, -0.15) is 0 Å². The van der Waals surface area contributed by atoms with E-state index in [0.29, 0.717) is 5.92 Å². The third kappa shape index (κ3) is 3.22. The van der Waals surface area contributed by atoms with E-state index in [1.54, 1.807) is 0 Å². The van der Waals surface area contributed by atoms with Crippen molar-refractivity contribution < 1.29 is 0 Å². The zero-order chi connectivity index (χ0) is 25.1. The van der Waals surface area contributed by atoms with E-state index in [0.717, 1.165) is 56.0 Å². The first kappa shape index (κ1) is 21.1. The molecule has 1 unspecified atom stereocenters. The van der Waals surface area contributed by atoms with Crippen molar-refractivity contribution in [2.45, 2.75) is 12.3 Å². The van der Waals surface area contributed by atoms with Gasteiger partial charge >= 0.3 is 0 Å². The van der Waals surface area contributed by atoms with E-state index in [2.05, 4.69) is 92.3 Å². The van der Waals surface area contributed by atoms with Gasteiger partial charge in [0.2, 0.25) is 0 Å². The molecule has 0 saturated heterocycles. The van der Waals surface area contributed by atoms with Gasteiger partial charge in [-0.1, -0.05) is 36.4 Å². The van der Waals surface area contributed by atoms with Crippen LogP contribution in [-0.2, 0) is 0 Å². The lowest BCUT2D eigenvalue weighted by Gasteiger charge is -2.19. The number of allylic oxidation sites excluding steroid dienone is 4. The largest absolute Gasteiger partial charge is 0.353 e. The second-order valence-corrected chi connectivity index (χ2v) is 9.87. The molecule has 0 radical (unpaired) electrons. The molecule has 8 rings (SSSR count). The van der Waals surface area contributed by atoms with Crippen LogP contribution in [0.5, 0.6) is 0 Å². The number of aromatic amines is 1. The highest BCUT2D eigenvalue weighted by Crippen LogP contribution is 2.37. The lowest BCUT2D eigenvalue weighted by Crippen LogP contribution is -2.01. The van der Waals surface area contributed by atoms with Crippen LogP contribution in [-0.4, -0.2) is 24.5 Å². The van der Waals surface area contributed by atoms with E-state index in [-0.39, 0.29) is 0 Å². The Kier molecular flexibility index (Phi) is 4.58. The number of H-pyrrole nitrogens is 1. The summed E-state index contributed by atoms with van der Waals surface area (Å²) in [7, 11) is 0. The van der Waals surface area contributed by atoms with E-state index < -0.39 is 0 Å². The molecule has 38 heavy (non-hydrogen) atoms. The van der Waals surface area contributed by atoms with Gasteiger partial charge in [-0.3, -0.25) is 15.0 Å². The first-order valence-electron chi connectivity index (χ1n) is 12.9. The molecule has 0 amide bonds. The third-order valence-electron chi connectivity index (χ3n) is 7.68. The number of fused-ring (bicyclic) bond motifs is 6. The van der Waals surface area contributed by atoms with Crippen molar-refractivity contribution in [2.24, 2.45) is 0 Å². The van der Waals surface area contributed by atoms with Crippen molar-refractivity contribution in [2.75, 3.05) is 0 Å². The number of rotatable bonds is 3. The van der Waals surface area contributed by atoms with E-state index in [1.807, 2.05) is 43.0 Å². The summed E-state index contributed by atoms with van der Waals surface area (Å²) >= 11 is 0. The summed E-state index contributed by atoms with van der Waals surface area (Å²) in [5, 5.41) is 2.27. The minimum atomic E-state index is 0.323. The monoisotopic (exact) mass is 489 g/mol. The van der Waals surface area contributed by atoms with E-state index in [4.69, 9.17) is 4.98 Å². The third-order valence-corrected chi connectivity index (χ3v) is 7.68. The summed E-state index contributed by atoms with van der Waals surface area (Å²) in [6.45, 7) is 0. The van der Waals surface area contributed by atoms with Crippen LogP contribution in [0.1, 0.15) is 23.5 Å². The highest BCUT2D eigenvalue weighted by molar-refractivity contribution is 6.09. The maximum Gasteiger partial charge on any atom is 0.0963 e. The zero-order valence-electron chi connectivity index (χ0n) is 20.5. The maximum atomic E-state index is 4.78. The molecule has 2 aromatic carbocycles. The molecule has 5 aromatic heterocycles. The van der Waals surface area contributed by atoms with Crippen LogP contribution in [0.2, 0.25) is 0 Å². The van der Waals surface area contributed by atoms with Crippen LogP contribution in [0.4, 0.5) is 0 Å². The Labute approximate surface area is 218 Å². The predicted molar refractivity (Wildman–Crippen MR) is 154 cm³/mol. The van der Waals surface area contributed by atoms with Gasteiger partial charge in [0.25, 0.3) is 0 Å². The summed E-state index contributed by atoms with van der Waals surface area (Å²) in [5.74, 6) is 0.323. The molecule has 0 fully saturated rings. The Morgan fingerprint density at radius 3 is 2.58 bits per heavy atom. The molecular formula is C33H23N5. The number of hydrogen-bond donors (Lipinski definition) is 1. The Morgan fingerprint density at radius 1 is 0.763 bits per heavy atom. The van der Waals surface area contributed by atoms with Crippen molar-refractivity contribution in [1.29, 1.82) is 0 Å². The molecule has 1 aliphatic carbocycles. The quantitative estimate of drug-likeness (QED) is 0.276. The van der Waals surface area contributed by atoms with Gasteiger partial charge in [-0.25, -0.2) is 0 Å². The average Bonchev–Trinajstić information content (AvgIpc) is 3.52. The van der Waals surface area contributed by atoms with Crippen molar-refractivity contribution >= 4 is 49.4 Å². The Bertz CT molecular complexity index is 2060. The minimum absolute atomic E-state index is 0.323. The van der Waals surface area contributed by atoms with Crippen molar-refractivity contribution in [3.05, 3.63) is 127 Å². The van der Waals surface area contributed by atoms with E-state index in [9.17, 15) is 0 Å². The second kappa shape index (κ2) is 8.25. The fourth-order valence-electron chi connectivity index (χ4n) is 5.87. The van der Waals surface area contributed by atoms with Crippen LogP contribution in [0.3, 0.4) is 0 Å². The van der Waals surface area contributed by atoms with Gasteiger partial charge in [0.1, 0.15) is 0 Å². The molecule has 5 heteroatoms. The fraction of sp³-hybridized carbons (Fsp3) is 0.0606. The minimum Gasteiger partial charge on any atom is -0.353 e. The van der Waals surface area contributed by atoms with Crippen LogP contribution >= 0.6 is 0 Å². The zero-order valence-corrected chi connectivity index (χ0v) is 20.5. The molecule has 0 saturated carbocycles. The van der Waals surface area contributed by atoms with Crippen molar-refractivity contribution in [3.8, 4) is 5.69 Å². The van der Waals surface area contributed by atoms with Crippen LogP contribution < -0.4 is 0 Å². The van der Waals surface area contributed by atoms with Gasteiger partial charge in [0, 0.05) is 52.7 Å². The molecule has 1 aliphatic rings. The second-order valence-electron chi connectivity index (χ2n) is 9.87. The number of aromatic nitrogens is 5. The van der Waals surface area contributed by atoms with E-state index in [1.165, 1.54) is 16.7 Å². The smallest absolute Gasteiger partial charge is 0.0963 e. The van der Waals surface area contributed by atoms with Gasteiger partial charge < -0.3 is 9.55 Å². The lowest BCUT2D eigenvalue weighted by atomic mass is 9.86. The highest BCUT2D eigenvalue weighted by atomic mass is 15.0. The normalized spacial score (nSPS) is 15.6. The summed E-state index contributed by atoms with van der Waals surface area (Å²) < 4.78 is 2.33. The number of benzene rings is 2. The molecule has 180 valence electrons. The molecule has 0 aliphatic heterocycles. The Balaban J connectivity index is 1.31. The summed E-state index contributed by atoms with van der Waals surface area (Å²) in [5.41, 5.74) is 11.3. The number of nitrogens with zero attached hydrogens (tertiary/aromatic N) is 4. The Morgan fingerprint density at radius 2 is 1.66 bits per heavy atom. The SMILES string of the molecule is C1=CC(c2cccnc2)CC(c2ccc3c4ncccc4n(-c4ccc5[nH]c6cccnc6c5c4)c3c2)=C1. The predicted octanol–water partition coefficient (Wildman–Crippen LogP) is 7.73. The Hall–Kier alpha value is -5.03. The lowest BCUT2D eigenvalue weighted by molar-refractivity contribution is 0.860. The maximum absolute atomic E-state index is 4.78. The van der Waals surface area contributed by atoms with Crippen LogP contribution in [0, 0.1) is 0 Å². The van der Waals surface area contributed by atoms with E-state index >= 15 is 0 Å². The molecular weight excluding hydrogens is 466 g/mol. The molecule has 5 nitrogen and oxygen atoms in total. The summed E-state index contributed by atoms with van der Waals surface area (Å²) in [6.07, 6.45) is 15.2. The first-order valence-corrected chi connectivity index (χ1v) is 12.9. The van der Waals surface area contributed by atoms with Gasteiger partial charge in [0.05, 0.1) is 27.6 Å². The van der Waals surface area contributed by atoms with Crippen LogP contribution in [0.15, 0.2) is 116 Å². The number of hydrogen-bond acceptors (Lipinski definition) is 3. The molecule has 1 N–H and O–H groups in total. The van der Waals surface area contributed by atoms with Crippen molar-refractivity contribution in [1.82, 2.24) is 24.5 Å². The van der Waals surface area contributed by atoms with Crippen LogP contribution in [0.25, 0.3) is 55.1 Å². The van der Waals surface area contributed by atoms with Gasteiger partial charge in [0.15, 0.2) is 0 Å². The molecule has 0 bridgehead atoms. The summed E-state index contributed by atoms with van der Waals surface area (Å²) in [4.78, 5) is 17.3. The molecule has 5 heterocycles. The number of pyridine rings is 3. The standard InChI is InChI=1S/C33H23N5/c1-5-21(17-22(6-1)24-7-2-14-34-20-24)23-10-12-26-31(18-23)38(30-9-4-16-36-33(26)30)25-11-13-28-27(19-25)32-29(37-28)8-3-15-35-32/h1-16,18-20,22,37H,17H2. The highest BCUT2D eigenvalue weighted by Gasteiger charge is 2.19. The molecule has 0 spiro atoms. The van der Waals surface area contributed by atoms with Crippen molar-refractivity contribution in [3.63, 3.8) is 0 Å². The van der Waals surface area contributed by atoms with Gasteiger partial charge in [-0.15, -0.1) is 0 Å². The topological polar surface area (TPSA) is 59.4 Å². The first-order chi connectivity index (χ1) is 18.8. The average molecular weight is 490 g/mol.